The smallest absolute Gasteiger partial charge is 0.313 e. The summed E-state index contributed by atoms with van der Waals surface area (Å²) >= 11 is 11.6. The zero-order valence-corrected chi connectivity index (χ0v) is 13.8. The molecule has 0 bridgehead atoms. The van der Waals surface area contributed by atoms with E-state index in [9.17, 15) is 9.59 Å². The van der Waals surface area contributed by atoms with Crippen LogP contribution in [0.4, 0.5) is 5.69 Å². The van der Waals surface area contributed by atoms with Crippen LogP contribution >= 0.6 is 23.2 Å². The fourth-order valence-corrected chi connectivity index (χ4v) is 2.28. The van der Waals surface area contributed by atoms with E-state index in [2.05, 4.69) is 10.6 Å². The molecule has 0 unspecified atom stereocenters. The average molecular weight is 351 g/mol. The van der Waals surface area contributed by atoms with Gasteiger partial charge in [-0.25, -0.2) is 0 Å². The molecule has 120 valence electrons. The molecule has 0 atom stereocenters. The van der Waals surface area contributed by atoms with E-state index in [1.807, 2.05) is 30.3 Å². The number of benzene rings is 2. The summed E-state index contributed by atoms with van der Waals surface area (Å²) in [6.45, 7) is 0.433. The van der Waals surface area contributed by atoms with Gasteiger partial charge in [0, 0.05) is 12.2 Å². The summed E-state index contributed by atoms with van der Waals surface area (Å²) < 4.78 is 0. The van der Waals surface area contributed by atoms with Crippen molar-refractivity contribution < 1.29 is 9.59 Å². The molecule has 2 amide bonds. The molecule has 2 aromatic rings. The van der Waals surface area contributed by atoms with E-state index in [0.717, 1.165) is 12.8 Å². The standard InChI is InChI=1S/C17H16Cl2N2O2/c18-14-9-8-13(11-15(14)19)21-17(23)16(22)20-10-4-7-12-5-2-1-3-6-12/h1-3,5-6,8-9,11H,4,7,10H2,(H,20,22)(H,21,23). The van der Waals surface area contributed by atoms with Gasteiger partial charge in [-0.05, 0) is 36.6 Å². The lowest BCUT2D eigenvalue weighted by Gasteiger charge is -2.07. The molecule has 2 aromatic carbocycles. The highest BCUT2D eigenvalue weighted by Crippen LogP contribution is 2.24. The molecule has 6 heteroatoms. The van der Waals surface area contributed by atoms with Crippen molar-refractivity contribution in [2.75, 3.05) is 11.9 Å². The first-order chi connectivity index (χ1) is 11.1. The number of rotatable bonds is 5. The van der Waals surface area contributed by atoms with Crippen LogP contribution in [0.1, 0.15) is 12.0 Å². The second kappa shape index (κ2) is 8.56. The topological polar surface area (TPSA) is 58.2 Å². The Hall–Kier alpha value is -2.04. The number of amides is 2. The third-order valence-electron chi connectivity index (χ3n) is 3.15. The van der Waals surface area contributed by atoms with Gasteiger partial charge < -0.3 is 10.6 Å². The Labute approximate surface area is 144 Å². The van der Waals surface area contributed by atoms with E-state index in [1.54, 1.807) is 12.1 Å². The molecular weight excluding hydrogens is 335 g/mol. The van der Waals surface area contributed by atoms with E-state index in [1.165, 1.54) is 11.6 Å². The first kappa shape index (κ1) is 17.3. The Morgan fingerprint density at radius 2 is 1.65 bits per heavy atom. The van der Waals surface area contributed by atoms with Crippen molar-refractivity contribution in [3.05, 3.63) is 64.1 Å². The maximum absolute atomic E-state index is 11.8. The molecule has 4 nitrogen and oxygen atoms in total. The second-order valence-corrected chi connectivity index (χ2v) is 5.74. The van der Waals surface area contributed by atoms with Crippen LogP contribution < -0.4 is 10.6 Å². The van der Waals surface area contributed by atoms with Gasteiger partial charge in [0.05, 0.1) is 10.0 Å². The van der Waals surface area contributed by atoms with Gasteiger partial charge in [-0.1, -0.05) is 53.5 Å². The second-order valence-electron chi connectivity index (χ2n) is 4.93. The maximum Gasteiger partial charge on any atom is 0.313 e. The van der Waals surface area contributed by atoms with Crippen LogP contribution in [0.5, 0.6) is 0 Å². The predicted molar refractivity (Wildman–Crippen MR) is 92.9 cm³/mol. The molecule has 0 heterocycles. The summed E-state index contributed by atoms with van der Waals surface area (Å²) in [6.07, 6.45) is 1.60. The number of hydrogen-bond acceptors (Lipinski definition) is 2. The minimum absolute atomic E-state index is 0.313. The fourth-order valence-electron chi connectivity index (χ4n) is 1.98. The summed E-state index contributed by atoms with van der Waals surface area (Å²) in [5.41, 5.74) is 1.62. The molecular formula is C17H16Cl2N2O2. The summed E-state index contributed by atoms with van der Waals surface area (Å²) in [4.78, 5) is 23.5. The van der Waals surface area contributed by atoms with E-state index in [0.29, 0.717) is 22.3 Å². The molecule has 0 aliphatic rings. The molecule has 0 saturated heterocycles. The number of aryl methyl sites for hydroxylation is 1. The van der Waals surface area contributed by atoms with Crippen molar-refractivity contribution in [2.45, 2.75) is 12.8 Å². The van der Waals surface area contributed by atoms with Crippen molar-refractivity contribution in [1.29, 1.82) is 0 Å². The van der Waals surface area contributed by atoms with Crippen LogP contribution in [0, 0.1) is 0 Å². The van der Waals surface area contributed by atoms with E-state index >= 15 is 0 Å². The highest BCUT2D eigenvalue weighted by Gasteiger charge is 2.13. The van der Waals surface area contributed by atoms with Crippen LogP contribution in [0.25, 0.3) is 0 Å². The molecule has 0 saturated carbocycles. The molecule has 2 N–H and O–H groups in total. The normalized spacial score (nSPS) is 10.2. The van der Waals surface area contributed by atoms with Crippen molar-refractivity contribution >= 4 is 40.7 Å². The molecule has 23 heavy (non-hydrogen) atoms. The van der Waals surface area contributed by atoms with Crippen molar-refractivity contribution in [2.24, 2.45) is 0 Å². The fraction of sp³-hybridized carbons (Fsp3) is 0.176. The summed E-state index contributed by atoms with van der Waals surface area (Å²) in [6, 6.07) is 14.6. The average Bonchev–Trinajstić information content (AvgIpc) is 2.55. The van der Waals surface area contributed by atoms with Crippen LogP contribution in [0.2, 0.25) is 10.0 Å². The molecule has 0 aliphatic carbocycles. The number of anilines is 1. The van der Waals surface area contributed by atoms with Crippen LogP contribution in [0.3, 0.4) is 0 Å². The largest absolute Gasteiger partial charge is 0.348 e. The number of carbonyl (C=O) groups is 2. The van der Waals surface area contributed by atoms with Gasteiger partial charge in [0.2, 0.25) is 0 Å². The number of halogens is 2. The van der Waals surface area contributed by atoms with Crippen LogP contribution in [0.15, 0.2) is 48.5 Å². The van der Waals surface area contributed by atoms with E-state index in [4.69, 9.17) is 23.2 Å². The van der Waals surface area contributed by atoms with Crippen molar-refractivity contribution in [3.63, 3.8) is 0 Å². The first-order valence-electron chi connectivity index (χ1n) is 7.14. The number of carbonyl (C=O) groups excluding carboxylic acids is 2. The zero-order valence-electron chi connectivity index (χ0n) is 12.3. The Morgan fingerprint density at radius 1 is 0.913 bits per heavy atom. The SMILES string of the molecule is O=C(NCCCc1ccccc1)C(=O)Nc1ccc(Cl)c(Cl)c1. The Kier molecular flexibility index (Phi) is 6.44. The maximum atomic E-state index is 11.8. The highest BCUT2D eigenvalue weighted by atomic mass is 35.5. The minimum atomic E-state index is -0.733. The Balaban J connectivity index is 1.74. The summed E-state index contributed by atoms with van der Waals surface area (Å²) in [5, 5.41) is 5.76. The van der Waals surface area contributed by atoms with Gasteiger partial charge in [-0.2, -0.15) is 0 Å². The molecule has 0 fully saturated rings. The Bertz CT molecular complexity index is 690. The van der Waals surface area contributed by atoms with E-state index in [-0.39, 0.29) is 0 Å². The third kappa shape index (κ3) is 5.58. The van der Waals surface area contributed by atoms with Gasteiger partial charge >= 0.3 is 11.8 Å². The molecule has 0 spiro atoms. The monoisotopic (exact) mass is 350 g/mol. The highest BCUT2D eigenvalue weighted by molar-refractivity contribution is 6.42. The lowest BCUT2D eigenvalue weighted by Crippen LogP contribution is -2.36. The van der Waals surface area contributed by atoms with Gasteiger partial charge in [-0.3, -0.25) is 9.59 Å². The number of nitrogens with one attached hydrogen (secondary N) is 2. The quantitative estimate of drug-likeness (QED) is 0.638. The van der Waals surface area contributed by atoms with Gasteiger partial charge in [0.25, 0.3) is 0 Å². The lowest BCUT2D eigenvalue weighted by molar-refractivity contribution is -0.136. The molecule has 0 aliphatic heterocycles. The molecule has 0 radical (unpaired) electrons. The minimum Gasteiger partial charge on any atom is -0.348 e. The number of hydrogen-bond donors (Lipinski definition) is 2. The van der Waals surface area contributed by atoms with E-state index < -0.39 is 11.8 Å². The summed E-state index contributed by atoms with van der Waals surface area (Å²) in [7, 11) is 0. The Morgan fingerprint density at radius 3 is 2.35 bits per heavy atom. The zero-order chi connectivity index (χ0) is 16.7. The van der Waals surface area contributed by atoms with Crippen LogP contribution in [-0.2, 0) is 16.0 Å². The molecule has 0 aromatic heterocycles. The predicted octanol–water partition coefficient (Wildman–Crippen LogP) is 3.68. The van der Waals surface area contributed by atoms with Crippen molar-refractivity contribution in [3.8, 4) is 0 Å². The molecule has 2 rings (SSSR count). The van der Waals surface area contributed by atoms with Crippen molar-refractivity contribution in [1.82, 2.24) is 5.32 Å². The third-order valence-corrected chi connectivity index (χ3v) is 3.89. The van der Waals surface area contributed by atoms with Gasteiger partial charge in [0.1, 0.15) is 0 Å². The summed E-state index contributed by atoms with van der Waals surface area (Å²) in [5.74, 6) is -1.41. The van der Waals surface area contributed by atoms with Crippen LogP contribution in [-0.4, -0.2) is 18.4 Å². The van der Waals surface area contributed by atoms with Gasteiger partial charge in [-0.15, -0.1) is 0 Å². The first-order valence-corrected chi connectivity index (χ1v) is 7.90. The van der Waals surface area contributed by atoms with Gasteiger partial charge in [0.15, 0.2) is 0 Å². The lowest BCUT2D eigenvalue weighted by atomic mass is 10.1.